The van der Waals surface area contributed by atoms with Crippen molar-refractivity contribution in [1.82, 2.24) is 9.36 Å². The molecule has 2 N–H and O–H groups in total. The van der Waals surface area contributed by atoms with Gasteiger partial charge in [-0.25, -0.2) is 4.98 Å². The van der Waals surface area contributed by atoms with Crippen LogP contribution in [0.1, 0.15) is 5.56 Å². The van der Waals surface area contributed by atoms with Crippen LogP contribution < -0.4 is 10.1 Å². The van der Waals surface area contributed by atoms with Crippen molar-refractivity contribution in [3.8, 4) is 11.5 Å². The number of hydrogen-bond donors (Lipinski definition) is 2. The van der Waals surface area contributed by atoms with Gasteiger partial charge in [-0.15, -0.1) is 0 Å². The van der Waals surface area contributed by atoms with E-state index in [-0.39, 0.29) is 5.75 Å². The molecule has 102 valence electrons. The molecule has 5 nitrogen and oxygen atoms in total. The molecule has 0 fully saturated rings. The molecule has 0 bridgehead atoms. The predicted octanol–water partition coefficient (Wildman–Crippen LogP) is 3.02. The van der Waals surface area contributed by atoms with Gasteiger partial charge in [-0.1, -0.05) is 0 Å². The Balaban J connectivity index is 1.84. The average molecular weight is 287 g/mol. The highest BCUT2D eigenvalue weighted by Crippen LogP contribution is 2.26. The van der Waals surface area contributed by atoms with E-state index in [0.29, 0.717) is 12.3 Å². The van der Waals surface area contributed by atoms with Crippen molar-refractivity contribution in [2.45, 2.75) is 6.54 Å². The molecule has 0 radical (unpaired) electrons. The number of aromatic hydroxyl groups is 1. The van der Waals surface area contributed by atoms with Crippen molar-refractivity contribution in [3.05, 3.63) is 42.2 Å². The molecular formula is C14H13N3O2S. The number of ether oxygens (including phenoxy) is 1. The number of rotatable bonds is 4. The predicted molar refractivity (Wildman–Crippen MR) is 79.4 cm³/mol. The second-order valence-electron chi connectivity index (χ2n) is 4.25. The van der Waals surface area contributed by atoms with Gasteiger partial charge in [-0.3, -0.25) is 0 Å². The zero-order chi connectivity index (χ0) is 13.9. The summed E-state index contributed by atoms with van der Waals surface area (Å²) in [7, 11) is 1.60. The van der Waals surface area contributed by atoms with Crippen LogP contribution in [0.25, 0.3) is 10.1 Å². The molecule has 2 heterocycles. The number of phenols is 1. The summed E-state index contributed by atoms with van der Waals surface area (Å²) in [4.78, 5) is 4.31. The van der Waals surface area contributed by atoms with E-state index in [2.05, 4.69) is 14.7 Å². The van der Waals surface area contributed by atoms with Crippen molar-refractivity contribution >= 4 is 27.4 Å². The van der Waals surface area contributed by atoms with E-state index in [4.69, 9.17) is 4.74 Å². The summed E-state index contributed by atoms with van der Waals surface area (Å²) in [6.07, 6.45) is 3.54. The summed E-state index contributed by atoms with van der Waals surface area (Å²) in [5.41, 5.74) is 0.756. The zero-order valence-electron chi connectivity index (χ0n) is 10.8. The molecule has 0 saturated carbocycles. The molecule has 0 saturated heterocycles. The largest absolute Gasteiger partial charge is 0.508 e. The topological polar surface area (TPSA) is 67.3 Å². The van der Waals surface area contributed by atoms with Gasteiger partial charge in [0.25, 0.3) is 0 Å². The van der Waals surface area contributed by atoms with E-state index in [1.165, 1.54) is 11.5 Å². The molecule has 20 heavy (non-hydrogen) atoms. The Bertz CT molecular complexity index is 742. The number of hydrogen-bond acceptors (Lipinski definition) is 6. The highest BCUT2D eigenvalue weighted by atomic mass is 32.1. The fourth-order valence-electron chi connectivity index (χ4n) is 1.95. The molecule has 0 aliphatic heterocycles. The monoisotopic (exact) mass is 287 g/mol. The number of phenolic OH excluding ortho intramolecular Hbond substituents is 1. The number of anilines is 1. The van der Waals surface area contributed by atoms with Crippen LogP contribution in [0, 0.1) is 0 Å². The fourth-order valence-corrected chi connectivity index (χ4v) is 2.59. The zero-order valence-corrected chi connectivity index (χ0v) is 11.6. The standard InChI is InChI=1S/C14H13N3O2S/c1-19-10-2-3-12(18)9(6-10)7-16-14-11-8-17-20-13(11)4-5-15-14/h2-6,8,18H,7H2,1H3,(H,15,16). The average Bonchev–Trinajstić information content (AvgIpc) is 2.95. The maximum absolute atomic E-state index is 9.86. The Hall–Kier alpha value is -2.34. The third kappa shape index (κ3) is 2.37. The van der Waals surface area contributed by atoms with E-state index in [1.54, 1.807) is 37.7 Å². The number of methoxy groups -OCH3 is 1. The summed E-state index contributed by atoms with van der Waals surface area (Å²) in [6, 6.07) is 7.08. The molecule has 3 rings (SSSR count). The van der Waals surface area contributed by atoms with Crippen molar-refractivity contribution in [3.63, 3.8) is 0 Å². The molecule has 0 aliphatic carbocycles. The lowest BCUT2D eigenvalue weighted by molar-refractivity contribution is 0.411. The molecule has 3 aromatic rings. The normalized spacial score (nSPS) is 10.7. The molecular weight excluding hydrogens is 274 g/mol. The highest BCUT2D eigenvalue weighted by Gasteiger charge is 2.07. The maximum atomic E-state index is 9.86. The van der Waals surface area contributed by atoms with Gasteiger partial charge >= 0.3 is 0 Å². The van der Waals surface area contributed by atoms with Crippen LogP contribution in [0.5, 0.6) is 11.5 Å². The Labute approximate surface area is 120 Å². The Morgan fingerprint density at radius 2 is 2.25 bits per heavy atom. The van der Waals surface area contributed by atoms with Crippen molar-refractivity contribution in [2.24, 2.45) is 0 Å². The van der Waals surface area contributed by atoms with Gasteiger partial charge in [-0.05, 0) is 35.8 Å². The van der Waals surface area contributed by atoms with E-state index < -0.39 is 0 Å². The Kier molecular flexibility index (Phi) is 3.39. The third-order valence-corrected chi connectivity index (χ3v) is 3.78. The summed E-state index contributed by atoms with van der Waals surface area (Å²) < 4.78 is 10.4. The minimum Gasteiger partial charge on any atom is -0.508 e. The molecule has 0 atom stereocenters. The first kappa shape index (κ1) is 12.7. The summed E-state index contributed by atoms with van der Waals surface area (Å²) >= 11 is 1.43. The van der Waals surface area contributed by atoms with Gasteiger partial charge in [0.15, 0.2) is 0 Å². The fraction of sp³-hybridized carbons (Fsp3) is 0.143. The number of nitrogens with one attached hydrogen (secondary N) is 1. The first-order valence-corrected chi connectivity index (χ1v) is 6.84. The minimum absolute atomic E-state index is 0.230. The molecule has 0 amide bonds. The number of pyridine rings is 1. The molecule has 0 spiro atoms. The SMILES string of the molecule is COc1ccc(O)c(CNc2nccc3sncc23)c1. The summed E-state index contributed by atoms with van der Waals surface area (Å²) in [5, 5.41) is 14.1. The van der Waals surface area contributed by atoms with Crippen LogP contribution in [-0.2, 0) is 6.54 Å². The van der Waals surface area contributed by atoms with Crippen LogP contribution >= 0.6 is 11.5 Å². The van der Waals surface area contributed by atoms with Crippen molar-refractivity contribution < 1.29 is 9.84 Å². The first-order valence-electron chi connectivity index (χ1n) is 6.07. The van der Waals surface area contributed by atoms with Crippen LogP contribution in [-0.4, -0.2) is 21.6 Å². The van der Waals surface area contributed by atoms with E-state index >= 15 is 0 Å². The summed E-state index contributed by atoms with van der Waals surface area (Å²) in [6.45, 7) is 0.463. The molecule has 1 aromatic carbocycles. The summed E-state index contributed by atoms with van der Waals surface area (Å²) in [5.74, 6) is 1.70. The van der Waals surface area contributed by atoms with E-state index in [1.807, 2.05) is 6.07 Å². The highest BCUT2D eigenvalue weighted by molar-refractivity contribution is 7.13. The van der Waals surface area contributed by atoms with Gasteiger partial charge in [0, 0.05) is 18.3 Å². The van der Waals surface area contributed by atoms with Gasteiger partial charge in [0.05, 0.1) is 23.4 Å². The number of nitrogens with zero attached hydrogens (tertiary/aromatic N) is 2. The van der Waals surface area contributed by atoms with Crippen LogP contribution in [0.4, 0.5) is 5.82 Å². The Morgan fingerprint density at radius 3 is 3.10 bits per heavy atom. The molecule has 0 aliphatic rings. The van der Waals surface area contributed by atoms with Crippen LogP contribution in [0.3, 0.4) is 0 Å². The molecule has 6 heteroatoms. The van der Waals surface area contributed by atoms with Gasteiger partial charge in [-0.2, -0.15) is 4.37 Å². The van der Waals surface area contributed by atoms with E-state index in [9.17, 15) is 5.11 Å². The lowest BCUT2D eigenvalue weighted by Crippen LogP contribution is -2.02. The lowest BCUT2D eigenvalue weighted by atomic mass is 10.2. The first-order chi connectivity index (χ1) is 9.78. The molecule has 0 unspecified atom stereocenters. The third-order valence-electron chi connectivity index (χ3n) is 3.02. The smallest absolute Gasteiger partial charge is 0.136 e. The van der Waals surface area contributed by atoms with Crippen LogP contribution in [0.15, 0.2) is 36.7 Å². The quantitative estimate of drug-likeness (QED) is 0.772. The van der Waals surface area contributed by atoms with Crippen molar-refractivity contribution in [1.29, 1.82) is 0 Å². The number of aromatic nitrogens is 2. The maximum Gasteiger partial charge on any atom is 0.136 e. The van der Waals surface area contributed by atoms with Crippen molar-refractivity contribution in [2.75, 3.05) is 12.4 Å². The number of fused-ring (bicyclic) bond motifs is 1. The second-order valence-corrected chi connectivity index (χ2v) is 5.08. The minimum atomic E-state index is 0.230. The Morgan fingerprint density at radius 1 is 1.35 bits per heavy atom. The van der Waals surface area contributed by atoms with E-state index in [0.717, 1.165) is 21.5 Å². The number of benzene rings is 1. The van der Waals surface area contributed by atoms with Gasteiger partial charge < -0.3 is 15.2 Å². The van der Waals surface area contributed by atoms with Crippen LogP contribution in [0.2, 0.25) is 0 Å². The molecule has 2 aromatic heterocycles. The van der Waals surface area contributed by atoms with Gasteiger partial charge in [0.2, 0.25) is 0 Å². The lowest BCUT2D eigenvalue weighted by Gasteiger charge is -2.09. The van der Waals surface area contributed by atoms with Gasteiger partial charge in [0.1, 0.15) is 17.3 Å². The second kappa shape index (κ2) is 5.34.